The van der Waals surface area contributed by atoms with Gasteiger partial charge in [-0.2, -0.15) is 5.26 Å². The van der Waals surface area contributed by atoms with Gasteiger partial charge >= 0.3 is 5.97 Å². The second-order valence-corrected chi connectivity index (χ2v) is 3.88. The number of rotatable bonds is 8. The van der Waals surface area contributed by atoms with Crippen LogP contribution in [0.4, 0.5) is 0 Å². The third-order valence-electron chi connectivity index (χ3n) is 2.61. The molecule has 0 aliphatic rings. The predicted octanol–water partition coefficient (Wildman–Crippen LogP) is 2.02. The lowest BCUT2D eigenvalue weighted by Gasteiger charge is -2.21. The molecule has 0 aliphatic heterocycles. The van der Waals surface area contributed by atoms with Crippen molar-refractivity contribution in [1.29, 1.82) is 5.26 Å². The summed E-state index contributed by atoms with van der Waals surface area (Å²) >= 11 is 0. The number of carbonyl (C=O) groups excluding carboxylic acids is 1. The van der Waals surface area contributed by atoms with E-state index in [1.165, 1.54) is 0 Å². The van der Waals surface area contributed by atoms with E-state index in [4.69, 9.17) is 10.00 Å². The molecule has 1 N–H and O–H groups in total. The third kappa shape index (κ3) is 4.19. The molecule has 4 nitrogen and oxygen atoms in total. The zero-order valence-corrected chi connectivity index (χ0v) is 10.2. The first-order valence-electron chi connectivity index (χ1n) is 5.86. The van der Waals surface area contributed by atoms with E-state index in [1.54, 1.807) is 6.92 Å². The molecule has 0 radical (unpaired) electrons. The highest BCUT2D eigenvalue weighted by Gasteiger charge is 2.39. The number of unbranched alkanes of at least 4 members (excludes halogenated alkanes) is 3. The Kier molecular flexibility index (Phi) is 7.57. The van der Waals surface area contributed by atoms with Crippen LogP contribution in [0.15, 0.2) is 0 Å². The van der Waals surface area contributed by atoms with E-state index in [9.17, 15) is 9.90 Å². The van der Waals surface area contributed by atoms with Gasteiger partial charge in [0.25, 0.3) is 0 Å². The number of ether oxygens (including phenoxy) is 1. The van der Waals surface area contributed by atoms with Gasteiger partial charge in [-0.15, -0.1) is 0 Å². The van der Waals surface area contributed by atoms with Crippen LogP contribution in [-0.4, -0.2) is 24.3 Å². The van der Waals surface area contributed by atoms with Crippen molar-refractivity contribution in [2.45, 2.75) is 46.0 Å². The molecule has 0 spiro atoms. The lowest BCUT2D eigenvalue weighted by atomic mass is 9.85. The number of nitrogens with zero attached hydrogens (tertiary/aromatic N) is 1. The largest absolute Gasteiger partial charge is 0.465 e. The zero-order valence-electron chi connectivity index (χ0n) is 10.2. The topological polar surface area (TPSA) is 70.3 Å². The minimum Gasteiger partial charge on any atom is -0.465 e. The molecule has 0 saturated heterocycles. The van der Waals surface area contributed by atoms with E-state index >= 15 is 0 Å². The van der Waals surface area contributed by atoms with Crippen LogP contribution in [0.25, 0.3) is 0 Å². The number of hydrogen-bond donors (Lipinski definition) is 1. The van der Waals surface area contributed by atoms with Crippen LogP contribution < -0.4 is 0 Å². The fraction of sp³-hybridized carbons (Fsp3) is 0.833. The van der Waals surface area contributed by atoms with E-state index in [1.807, 2.05) is 6.07 Å². The van der Waals surface area contributed by atoms with Crippen molar-refractivity contribution < 1.29 is 14.6 Å². The van der Waals surface area contributed by atoms with Crippen molar-refractivity contribution in [3.8, 4) is 6.07 Å². The van der Waals surface area contributed by atoms with Gasteiger partial charge in [0.05, 0.1) is 19.3 Å². The smallest absolute Gasteiger partial charge is 0.328 e. The monoisotopic (exact) mass is 227 g/mol. The minimum absolute atomic E-state index is 0.233. The molecule has 0 amide bonds. The molecule has 16 heavy (non-hydrogen) atoms. The molecular weight excluding hydrogens is 206 g/mol. The van der Waals surface area contributed by atoms with Crippen LogP contribution in [0.5, 0.6) is 0 Å². The summed E-state index contributed by atoms with van der Waals surface area (Å²) in [5.41, 5.74) is -1.36. The molecule has 1 atom stereocenters. The van der Waals surface area contributed by atoms with E-state index in [0.29, 0.717) is 6.42 Å². The Hall–Kier alpha value is -1.08. The highest BCUT2D eigenvalue weighted by atomic mass is 16.5. The van der Waals surface area contributed by atoms with Gasteiger partial charge in [0.2, 0.25) is 0 Å². The Morgan fingerprint density at radius 3 is 2.50 bits per heavy atom. The minimum atomic E-state index is -1.36. The molecule has 0 rings (SSSR count). The summed E-state index contributed by atoms with van der Waals surface area (Å²) in [6.45, 7) is 3.55. The number of nitriles is 1. The number of aliphatic hydroxyl groups is 1. The van der Waals surface area contributed by atoms with Gasteiger partial charge in [-0.25, -0.2) is 0 Å². The Morgan fingerprint density at radius 2 is 2.06 bits per heavy atom. The van der Waals surface area contributed by atoms with Gasteiger partial charge in [-0.1, -0.05) is 32.6 Å². The van der Waals surface area contributed by atoms with Crippen LogP contribution in [0.3, 0.4) is 0 Å². The van der Waals surface area contributed by atoms with Crippen LogP contribution in [-0.2, 0) is 9.53 Å². The summed E-state index contributed by atoms with van der Waals surface area (Å²) in [6.07, 6.45) is 4.28. The van der Waals surface area contributed by atoms with Crippen molar-refractivity contribution in [1.82, 2.24) is 0 Å². The summed E-state index contributed by atoms with van der Waals surface area (Å²) in [6, 6.07) is 1.90. The molecule has 0 bridgehead atoms. The maximum Gasteiger partial charge on any atom is 0.328 e. The highest BCUT2D eigenvalue weighted by molar-refractivity contribution is 5.80. The Balaban J connectivity index is 4.34. The maximum atomic E-state index is 11.6. The molecule has 0 aromatic heterocycles. The van der Waals surface area contributed by atoms with E-state index in [2.05, 4.69) is 6.92 Å². The lowest BCUT2D eigenvalue weighted by molar-refractivity contribution is -0.154. The molecule has 0 aromatic carbocycles. The second-order valence-electron chi connectivity index (χ2n) is 3.88. The first-order valence-corrected chi connectivity index (χ1v) is 5.86. The van der Waals surface area contributed by atoms with Gasteiger partial charge in [0, 0.05) is 0 Å². The van der Waals surface area contributed by atoms with E-state index < -0.39 is 18.0 Å². The van der Waals surface area contributed by atoms with Crippen LogP contribution in [0, 0.1) is 16.7 Å². The van der Waals surface area contributed by atoms with Crippen molar-refractivity contribution in [2.75, 3.05) is 13.2 Å². The molecule has 4 heteroatoms. The summed E-state index contributed by atoms with van der Waals surface area (Å²) in [7, 11) is 0. The summed E-state index contributed by atoms with van der Waals surface area (Å²) < 4.78 is 4.82. The van der Waals surface area contributed by atoms with E-state index in [-0.39, 0.29) is 6.61 Å². The summed E-state index contributed by atoms with van der Waals surface area (Å²) in [5.74, 6) is -0.600. The lowest BCUT2D eigenvalue weighted by Crippen LogP contribution is -2.35. The van der Waals surface area contributed by atoms with Gasteiger partial charge in [-0.05, 0) is 13.3 Å². The van der Waals surface area contributed by atoms with Crippen LogP contribution >= 0.6 is 0 Å². The van der Waals surface area contributed by atoms with Gasteiger partial charge in [0.1, 0.15) is 0 Å². The average Bonchev–Trinajstić information content (AvgIpc) is 2.30. The van der Waals surface area contributed by atoms with Crippen molar-refractivity contribution in [3.63, 3.8) is 0 Å². The number of hydrogen-bond acceptors (Lipinski definition) is 4. The van der Waals surface area contributed by atoms with Crippen molar-refractivity contribution in [2.24, 2.45) is 5.41 Å². The fourth-order valence-electron chi connectivity index (χ4n) is 1.51. The van der Waals surface area contributed by atoms with Gasteiger partial charge in [-0.3, -0.25) is 4.79 Å². The van der Waals surface area contributed by atoms with Gasteiger partial charge < -0.3 is 9.84 Å². The standard InChI is InChI=1S/C12H21NO3/c1-3-5-6-7-8-12(9-13,10-14)11(15)16-4-2/h14H,3-8,10H2,1-2H3. The van der Waals surface area contributed by atoms with Crippen LogP contribution in [0.2, 0.25) is 0 Å². The summed E-state index contributed by atoms with van der Waals surface area (Å²) in [5, 5.41) is 18.2. The quantitative estimate of drug-likeness (QED) is 0.508. The van der Waals surface area contributed by atoms with Crippen molar-refractivity contribution >= 4 is 5.97 Å². The van der Waals surface area contributed by atoms with E-state index in [0.717, 1.165) is 25.7 Å². The molecule has 1 unspecified atom stereocenters. The molecule has 0 saturated carbocycles. The first-order chi connectivity index (χ1) is 7.66. The van der Waals surface area contributed by atoms with Gasteiger partial charge in [0.15, 0.2) is 5.41 Å². The molecule has 0 aliphatic carbocycles. The normalized spacial score (nSPS) is 13.9. The Labute approximate surface area is 97.2 Å². The first kappa shape index (κ1) is 14.9. The zero-order chi connectivity index (χ0) is 12.4. The molecule has 0 heterocycles. The fourth-order valence-corrected chi connectivity index (χ4v) is 1.51. The Morgan fingerprint density at radius 1 is 1.38 bits per heavy atom. The number of esters is 1. The van der Waals surface area contributed by atoms with Crippen molar-refractivity contribution in [3.05, 3.63) is 0 Å². The highest BCUT2D eigenvalue weighted by Crippen LogP contribution is 2.26. The SMILES string of the molecule is CCCCCCC(C#N)(CO)C(=O)OCC. The number of carbonyl (C=O) groups is 1. The maximum absolute atomic E-state index is 11.6. The Bertz CT molecular complexity index is 247. The molecule has 0 fully saturated rings. The average molecular weight is 227 g/mol. The second kappa shape index (κ2) is 8.12. The summed E-state index contributed by atoms with van der Waals surface area (Å²) in [4.78, 5) is 11.6. The third-order valence-corrected chi connectivity index (χ3v) is 2.61. The molecule has 0 aromatic rings. The molecular formula is C12H21NO3. The predicted molar refractivity (Wildman–Crippen MR) is 60.5 cm³/mol. The number of aliphatic hydroxyl groups excluding tert-OH is 1. The van der Waals surface area contributed by atoms with Crippen LogP contribution in [0.1, 0.15) is 46.0 Å². The molecule has 92 valence electrons.